The number of halogens is 6. The molecule has 0 bridgehead atoms. The smallest absolute Gasteiger partial charge is 0.490 e. The zero-order chi connectivity index (χ0) is 52.4. The number of carbonyl (C=O) groups is 5. The van der Waals surface area contributed by atoms with E-state index in [4.69, 9.17) is 9.90 Å². The van der Waals surface area contributed by atoms with E-state index in [1.165, 1.54) is 17.0 Å². The highest BCUT2D eigenvalue weighted by atomic mass is 19.4. The molecule has 25 heteroatoms. The first kappa shape index (κ1) is 54.4. The lowest BCUT2D eigenvalue weighted by molar-refractivity contribution is -0.192. The molecule has 19 nitrogen and oxygen atoms in total. The molecule has 1 saturated heterocycles. The lowest BCUT2D eigenvalue weighted by atomic mass is 9.98. The van der Waals surface area contributed by atoms with Crippen LogP contribution >= 0.6 is 0 Å². The summed E-state index contributed by atoms with van der Waals surface area (Å²) in [6.45, 7) is 9.69. The molecule has 0 radical (unpaired) electrons. The number of nitrogens with zero attached hydrogens (tertiary/aromatic N) is 6. The second kappa shape index (κ2) is 23.4. The molecule has 1 fully saturated rings. The monoisotopic (exact) mass is 1000 g/mol. The van der Waals surface area contributed by atoms with Gasteiger partial charge in [0.05, 0.1) is 17.6 Å². The highest BCUT2D eigenvalue weighted by molar-refractivity contribution is 5.98. The van der Waals surface area contributed by atoms with Crippen molar-refractivity contribution < 1.29 is 70.7 Å². The number of hydrogen-bond acceptors (Lipinski definition) is 12. The summed E-state index contributed by atoms with van der Waals surface area (Å²) in [6, 6.07) is 14.6. The predicted molar refractivity (Wildman–Crippen MR) is 241 cm³/mol. The minimum atomic E-state index is -5.08. The van der Waals surface area contributed by atoms with E-state index in [1.807, 2.05) is 43.4 Å². The van der Waals surface area contributed by atoms with Crippen LogP contribution in [0.5, 0.6) is 11.5 Å². The van der Waals surface area contributed by atoms with E-state index in [0.717, 1.165) is 43.4 Å². The summed E-state index contributed by atoms with van der Waals surface area (Å²) in [5.41, 5.74) is 3.74. The molecule has 0 aliphatic carbocycles. The Morgan fingerprint density at radius 3 is 1.80 bits per heavy atom. The summed E-state index contributed by atoms with van der Waals surface area (Å²) < 4.78 is 72.1. The van der Waals surface area contributed by atoms with Crippen LogP contribution in [0.2, 0.25) is 0 Å². The molecule has 0 spiro atoms. The zero-order valence-corrected chi connectivity index (χ0v) is 38.7. The number of phenolic OH excluding ortho intramolecular Hbond substituents is 2. The Balaban J connectivity index is 0.00000124. The molecule has 71 heavy (non-hydrogen) atoms. The number of phenols is 2. The molecule has 0 saturated carbocycles. The molecule has 6 rings (SSSR count). The van der Waals surface area contributed by atoms with Gasteiger partial charge in [0.2, 0.25) is 11.7 Å². The fourth-order valence-corrected chi connectivity index (χ4v) is 7.31. The number of aliphatic carboxylic acids is 2. The van der Waals surface area contributed by atoms with Gasteiger partial charge in [-0.15, -0.1) is 10.2 Å². The predicted octanol–water partition coefficient (Wildman–Crippen LogP) is 5.00. The standard InChI is InChI=1S/C44H51F3N10O7.C2HF3O2/c1-25(2)32-18-33(36(59)19-35(32)58)38-53-54-39(42(62)49-23-44(45,46)47)57(38)31-11-7-28(8-12-31)22-56-15-13-55(14-16-56)21-27-5-9-29(10-6-27)40(60)51-34(17-30-20-48-24-50-30)41(61)52-37(26(3)4)43(63)64;3-2(4,5)1(6)7/h5-12,18-20,24-26,34,37,58-59H,13-17,21-23H2,1-4H3,(H,48,50)(H,49,62)(H,51,60)(H,52,61)(H,63,64);(H,6,7)/t34-,37-;/m0./s1. The minimum absolute atomic E-state index is 0.00742. The molecule has 1 aliphatic rings. The van der Waals surface area contributed by atoms with Crippen LogP contribution in [0.25, 0.3) is 17.1 Å². The Morgan fingerprint density at radius 1 is 0.761 bits per heavy atom. The van der Waals surface area contributed by atoms with E-state index in [1.54, 1.807) is 44.3 Å². The van der Waals surface area contributed by atoms with E-state index in [-0.39, 0.29) is 41.1 Å². The third-order valence-electron chi connectivity index (χ3n) is 11.1. The average molecular weight is 1000 g/mol. The molecule has 3 heterocycles. The Bertz CT molecular complexity index is 2630. The van der Waals surface area contributed by atoms with Crippen LogP contribution in [-0.2, 0) is 33.9 Å². The molecule has 2 atom stereocenters. The van der Waals surface area contributed by atoms with Crippen molar-refractivity contribution in [2.45, 2.75) is 77.6 Å². The third-order valence-corrected chi connectivity index (χ3v) is 11.1. The SMILES string of the molecule is CC(C)c1cc(-c2nnc(C(=O)NCC(F)(F)F)n2-c2ccc(CN3CCN(Cc4ccc(C(=O)N[C@@H](Cc5c[nH]cn5)C(=O)N[C@H](C(=O)O)C(C)C)cc4)CC3)cc2)c(O)cc1O.O=C(O)C(F)(F)F. The van der Waals surface area contributed by atoms with Gasteiger partial charge in [0.15, 0.2) is 5.82 Å². The molecule has 3 amide bonds. The number of hydrogen-bond donors (Lipinski definition) is 8. The first-order valence-corrected chi connectivity index (χ1v) is 21.9. The summed E-state index contributed by atoms with van der Waals surface area (Å²) in [4.78, 5) is 71.7. The van der Waals surface area contributed by atoms with Gasteiger partial charge < -0.3 is 41.4 Å². The van der Waals surface area contributed by atoms with Crippen molar-refractivity contribution in [3.05, 3.63) is 107 Å². The van der Waals surface area contributed by atoms with Crippen molar-refractivity contribution in [3.8, 4) is 28.6 Å². The van der Waals surface area contributed by atoms with Crippen molar-refractivity contribution in [3.63, 3.8) is 0 Å². The first-order valence-electron chi connectivity index (χ1n) is 21.9. The topological polar surface area (TPSA) is 268 Å². The summed E-state index contributed by atoms with van der Waals surface area (Å²) >= 11 is 0. The number of rotatable bonds is 17. The highest BCUT2D eigenvalue weighted by Crippen LogP contribution is 2.38. The van der Waals surface area contributed by atoms with Gasteiger partial charge >= 0.3 is 24.3 Å². The third kappa shape index (κ3) is 15.2. The van der Waals surface area contributed by atoms with E-state index in [2.05, 4.69) is 40.6 Å². The average Bonchev–Trinajstić information content (AvgIpc) is 3.98. The molecule has 2 aromatic heterocycles. The van der Waals surface area contributed by atoms with Gasteiger partial charge in [0.25, 0.3) is 11.8 Å². The number of carboxylic acid groups (broad SMARTS) is 2. The van der Waals surface area contributed by atoms with E-state index >= 15 is 0 Å². The van der Waals surface area contributed by atoms with E-state index in [9.17, 15) is 60.8 Å². The fourth-order valence-electron chi connectivity index (χ4n) is 7.31. The number of amides is 3. The molecule has 3 aromatic carbocycles. The number of aromatic nitrogens is 5. The van der Waals surface area contributed by atoms with Crippen LogP contribution < -0.4 is 16.0 Å². The number of aromatic amines is 1. The van der Waals surface area contributed by atoms with Crippen molar-refractivity contribution in [2.75, 3.05) is 32.7 Å². The molecule has 382 valence electrons. The van der Waals surface area contributed by atoms with Gasteiger partial charge in [-0.2, -0.15) is 26.3 Å². The fraction of sp³-hybridized carbons (Fsp3) is 0.391. The molecule has 5 aromatic rings. The number of benzene rings is 3. The quantitative estimate of drug-likeness (QED) is 0.0570. The highest BCUT2D eigenvalue weighted by Gasteiger charge is 2.38. The molecular formula is C46H52F6N10O9. The van der Waals surface area contributed by atoms with Crippen molar-refractivity contribution in [1.29, 1.82) is 0 Å². The summed E-state index contributed by atoms with van der Waals surface area (Å²) in [6.07, 6.45) is -6.65. The molecule has 8 N–H and O–H groups in total. The number of aromatic hydroxyl groups is 2. The first-order chi connectivity index (χ1) is 33.3. The van der Waals surface area contributed by atoms with Crippen LogP contribution in [-0.4, -0.2) is 142 Å². The maximum atomic E-state index is 13.3. The lowest BCUT2D eigenvalue weighted by Crippen LogP contribution is -2.53. The Labute approximate surface area is 401 Å². The lowest BCUT2D eigenvalue weighted by Gasteiger charge is -2.34. The minimum Gasteiger partial charge on any atom is -0.508 e. The largest absolute Gasteiger partial charge is 0.508 e. The molecule has 0 unspecified atom stereocenters. The number of piperazine rings is 1. The van der Waals surface area contributed by atoms with Gasteiger partial charge in [-0.25, -0.2) is 14.6 Å². The number of imidazole rings is 1. The number of carboxylic acids is 2. The van der Waals surface area contributed by atoms with Crippen LogP contribution in [0.15, 0.2) is 73.2 Å². The Kier molecular flexibility index (Phi) is 17.9. The van der Waals surface area contributed by atoms with Crippen LogP contribution in [0.4, 0.5) is 26.3 Å². The van der Waals surface area contributed by atoms with Gasteiger partial charge in [-0.1, -0.05) is 52.0 Å². The molecule has 1 aliphatic heterocycles. The zero-order valence-electron chi connectivity index (χ0n) is 38.7. The number of alkyl halides is 6. The van der Waals surface area contributed by atoms with Gasteiger partial charge in [-0.05, 0) is 58.9 Å². The number of carbonyl (C=O) groups excluding carboxylic acids is 3. The number of H-pyrrole nitrogens is 1. The summed E-state index contributed by atoms with van der Waals surface area (Å²) in [5, 5.41) is 53.1. The van der Waals surface area contributed by atoms with Crippen molar-refractivity contribution in [1.82, 2.24) is 50.5 Å². The van der Waals surface area contributed by atoms with Crippen LogP contribution in [0, 0.1) is 5.92 Å². The van der Waals surface area contributed by atoms with E-state index in [0.29, 0.717) is 35.6 Å². The van der Waals surface area contributed by atoms with Gasteiger partial charge in [-0.3, -0.25) is 28.8 Å². The second-order valence-corrected chi connectivity index (χ2v) is 17.1. The van der Waals surface area contributed by atoms with Crippen molar-refractivity contribution >= 4 is 29.7 Å². The van der Waals surface area contributed by atoms with Crippen LogP contribution in [0.1, 0.15) is 77.0 Å². The van der Waals surface area contributed by atoms with Gasteiger partial charge in [0.1, 0.15) is 30.1 Å². The maximum Gasteiger partial charge on any atom is 0.490 e. The molecular weight excluding hydrogens is 951 g/mol. The normalized spacial score (nSPS) is 14.3. The Hall–Kier alpha value is -7.54. The maximum absolute atomic E-state index is 13.3. The summed E-state index contributed by atoms with van der Waals surface area (Å²) in [7, 11) is 0. The second-order valence-electron chi connectivity index (χ2n) is 17.1. The van der Waals surface area contributed by atoms with Crippen LogP contribution in [0.3, 0.4) is 0 Å². The number of nitrogens with one attached hydrogen (secondary N) is 4. The Morgan fingerprint density at radius 2 is 1.32 bits per heavy atom. The van der Waals surface area contributed by atoms with Crippen molar-refractivity contribution in [2.24, 2.45) is 5.92 Å². The van der Waals surface area contributed by atoms with Gasteiger partial charge in [0, 0.05) is 69.2 Å². The summed E-state index contributed by atoms with van der Waals surface area (Å²) in [5.74, 6) is -7.65. The van der Waals surface area contributed by atoms with E-state index < -0.39 is 66.5 Å².